The van der Waals surface area contributed by atoms with Gasteiger partial charge >= 0.3 is 5.97 Å². The summed E-state index contributed by atoms with van der Waals surface area (Å²) in [5.74, 6) is -0.392. The van der Waals surface area contributed by atoms with E-state index in [0.717, 1.165) is 36.0 Å². The van der Waals surface area contributed by atoms with E-state index in [1.54, 1.807) is 40.9 Å². The van der Waals surface area contributed by atoms with Gasteiger partial charge in [-0.05, 0) is 66.6 Å². The maximum atomic E-state index is 13.3. The molecule has 0 bridgehead atoms. The van der Waals surface area contributed by atoms with Crippen molar-refractivity contribution in [2.24, 2.45) is 5.10 Å². The topological polar surface area (TPSA) is 147 Å². The third-order valence-electron chi connectivity index (χ3n) is 7.93. The molecule has 3 aromatic carbocycles. The number of nitrogens with zero attached hydrogens (tertiary/aromatic N) is 2. The highest BCUT2D eigenvalue weighted by Gasteiger charge is 2.24. The summed E-state index contributed by atoms with van der Waals surface area (Å²) in [6.07, 6.45) is 10.3. The number of cyclic esters (lactones) is 1. The summed E-state index contributed by atoms with van der Waals surface area (Å²) in [7, 11) is 0. The summed E-state index contributed by atoms with van der Waals surface area (Å²) >= 11 is 0. The van der Waals surface area contributed by atoms with Crippen LogP contribution in [0.1, 0.15) is 90.9 Å². The van der Waals surface area contributed by atoms with Gasteiger partial charge in [0.15, 0.2) is 0 Å². The summed E-state index contributed by atoms with van der Waals surface area (Å²) in [6, 6.07) is 23.8. The molecular formula is C38H44N4O7. The van der Waals surface area contributed by atoms with Crippen LogP contribution < -0.4 is 15.6 Å². The third kappa shape index (κ3) is 13.0. The predicted octanol–water partition coefficient (Wildman–Crippen LogP) is 6.03. The number of amides is 3. The lowest BCUT2D eigenvalue weighted by Gasteiger charge is -2.28. The van der Waals surface area contributed by atoms with E-state index in [2.05, 4.69) is 10.5 Å². The zero-order chi connectivity index (χ0) is 34.7. The van der Waals surface area contributed by atoms with Crippen molar-refractivity contribution in [3.8, 4) is 5.75 Å². The number of ether oxygens (including phenoxy) is 2. The largest absolute Gasteiger partial charge is 0.494 e. The molecule has 11 heteroatoms. The Labute approximate surface area is 286 Å². The second kappa shape index (κ2) is 20.2. The van der Waals surface area contributed by atoms with Gasteiger partial charge in [-0.1, -0.05) is 79.6 Å². The Kier molecular flexibility index (Phi) is 15.0. The maximum Gasteiger partial charge on any atom is 0.306 e. The lowest BCUT2D eigenvalue weighted by atomic mass is 10.1. The van der Waals surface area contributed by atoms with Gasteiger partial charge < -0.3 is 14.4 Å². The van der Waals surface area contributed by atoms with E-state index < -0.39 is 6.10 Å². The minimum Gasteiger partial charge on any atom is -0.494 e. The normalized spacial score (nSPS) is 16.3. The van der Waals surface area contributed by atoms with E-state index in [1.807, 2.05) is 66.7 Å². The third-order valence-corrected chi connectivity index (χ3v) is 7.93. The highest BCUT2D eigenvalue weighted by molar-refractivity contribution is 5.95. The molecule has 0 spiro atoms. The molecule has 0 saturated carbocycles. The van der Waals surface area contributed by atoms with Crippen molar-refractivity contribution in [2.45, 2.75) is 70.4 Å². The van der Waals surface area contributed by atoms with Gasteiger partial charge in [-0.2, -0.15) is 5.10 Å². The summed E-state index contributed by atoms with van der Waals surface area (Å²) in [5, 5.41) is 12.6. The number of carbonyl (C=O) groups excluding carboxylic acids is 4. The number of benzene rings is 3. The number of hydroxylamine groups is 1. The number of nitrogens with one attached hydrogen (secondary N) is 2. The number of hydrogen-bond donors (Lipinski definition) is 3. The van der Waals surface area contributed by atoms with Crippen LogP contribution in [0.2, 0.25) is 0 Å². The highest BCUT2D eigenvalue weighted by atomic mass is 16.5. The van der Waals surface area contributed by atoms with Crippen LogP contribution in [0.5, 0.6) is 5.75 Å². The lowest BCUT2D eigenvalue weighted by molar-refractivity contribution is -0.152. The van der Waals surface area contributed by atoms with Crippen LogP contribution in [-0.2, 0) is 25.7 Å². The molecule has 1 aliphatic rings. The van der Waals surface area contributed by atoms with Gasteiger partial charge in [0.25, 0.3) is 5.91 Å². The smallest absolute Gasteiger partial charge is 0.306 e. The zero-order valence-electron chi connectivity index (χ0n) is 27.6. The first-order valence-electron chi connectivity index (χ1n) is 16.7. The van der Waals surface area contributed by atoms with Crippen LogP contribution in [0, 0.1) is 0 Å². The number of hydrazone groups is 1. The summed E-state index contributed by atoms with van der Waals surface area (Å²) in [5.41, 5.74) is 7.12. The molecule has 0 unspecified atom stereocenters. The van der Waals surface area contributed by atoms with Crippen LogP contribution in [0.25, 0.3) is 0 Å². The van der Waals surface area contributed by atoms with Crippen molar-refractivity contribution in [1.29, 1.82) is 0 Å². The highest BCUT2D eigenvalue weighted by Crippen LogP contribution is 2.23. The number of carbonyl (C=O) groups is 4. The molecule has 1 atom stereocenters. The quantitative estimate of drug-likeness (QED) is 0.0475. The van der Waals surface area contributed by atoms with Crippen molar-refractivity contribution >= 4 is 29.9 Å². The Morgan fingerprint density at radius 1 is 0.898 bits per heavy atom. The van der Waals surface area contributed by atoms with Gasteiger partial charge in [0.05, 0.1) is 19.4 Å². The van der Waals surface area contributed by atoms with Crippen molar-refractivity contribution in [1.82, 2.24) is 15.8 Å². The van der Waals surface area contributed by atoms with Crippen LogP contribution >= 0.6 is 0 Å². The minimum atomic E-state index is -0.573. The van der Waals surface area contributed by atoms with Crippen molar-refractivity contribution in [3.63, 3.8) is 0 Å². The molecule has 3 amide bonds. The Balaban J connectivity index is 1.27. The second-order valence-electron chi connectivity index (χ2n) is 11.7. The average Bonchev–Trinajstić information content (AvgIpc) is 3.12. The molecule has 0 radical (unpaired) electrons. The molecule has 3 N–H and O–H groups in total. The van der Waals surface area contributed by atoms with Crippen LogP contribution in [0.4, 0.5) is 0 Å². The number of unbranched alkanes of at least 4 members (excludes halogenated alkanes) is 3. The number of allylic oxidation sites excluding steroid dienone is 2. The standard InChI is InChI=1S/C38H44N4O7/c43-35(41-47)14-8-3-4-11-25-48-33-23-21-32(22-24-33)38(46)40-39-26-29-17-19-30(20-18-29)27-42-28-34(31-12-6-5-7-13-31)49-37(45)16-10-2-1-9-15-36(42)44/h1-2,5-7,12-13,17-24,26,34,47H,3-4,8-11,14-16,25,27-28H2,(H,40,46)(H,41,43)/b2-1+,39-26+/t34-/m0/s1. The molecule has 0 fully saturated rings. The molecule has 1 heterocycles. The van der Waals surface area contributed by atoms with Crippen LogP contribution in [0.15, 0.2) is 96.1 Å². The summed E-state index contributed by atoms with van der Waals surface area (Å²) in [4.78, 5) is 51.2. The zero-order valence-corrected chi connectivity index (χ0v) is 27.6. The molecule has 0 aliphatic carbocycles. The van der Waals surface area contributed by atoms with E-state index in [4.69, 9.17) is 14.7 Å². The second-order valence-corrected chi connectivity index (χ2v) is 11.7. The van der Waals surface area contributed by atoms with E-state index in [0.29, 0.717) is 63.0 Å². The Bertz CT molecular complexity index is 1560. The van der Waals surface area contributed by atoms with Crippen molar-refractivity contribution in [2.75, 3.05) is 13.2 Å². The molecule has 0 aromatic heterocycles. The summed E-state index contributed by atoms with van der Waals surface area (Å²) in [6.45, 7) is 1.12. The fraction of sp³-hybridized carbons (Fsp3) is 0.342. The van der Waals surface area contributed by atoms with E-state index in [-0.39, 0.29) is 30.2 Å². The fourth-order valence-electron chi connectivity index (χ4n) is 5.20. The van der Waals surface area contributed by atoms with E-state index >= 15 is 0 Å². The molecule has 11 nitrogen and oxygen atoms in total. The molecular weight excluding hydrogens is 624 g/mol. The lowest BCUT2D eigenvalue weighted by Crippen LogP contribution is -2.35. The first kappa shape index (κ1) is 36.5. The number of rotatable bonds is 14. The number of hydrogen-bond acceptors (Lipinski definition) is 8. The van der Waals surface area contributed by atoms with Gasteiger partial charge in [-0.25, -0.2) is 10.9 Å². The van der Waals surface area contributed by atoms with Gasteiger partial charge in [-0.3, -0.25) is 24.4 Å². The summed E-state index contributed by atoms with van der Waals surface area (Å²) < 4.78 is 11.6. The molecule has 1 aliphatic heterocycles. The fourth-order valence-corrected chi connectivity index (χ4v) is 5.20. The predicted molar refractivity (Wildman–Crippen MR) is 185 cm³/mol. The first-order valence-corrected chi connectivity index (χ1v) is 16.7. The van der Waals surface area contributed by atoms with Crippen LogP contribution in [0.3, 0.4) is 0 Å². The Morgan fingerprint density at radius 2 is 1.61 bits per heavy atom. The van der Waals surface area contributed by atoms with Crippen molar-refractivity contribution in [3.05, 3.63) is 113 Å². The molecule has 3 aromatic rings. The Morgan fingerprint density at radius 3 is 2.35 bits per heavy atom. The van der Waals surface area contributed by atoms with Gasteiger partial charge in [0.2, 0.25) is 11.8 Å². The van der Waals surface area contributed by atoms with Crippen LogP contribution in [-0.4, -0.2) is 53.2 Å². The van der Waals surface area contributed by atoms with E-state index in [1.165, 1.54) is 0 Å². The van der Waals surface area contributed by atoms with E-state index in [9.17, 15) is 19.2 Å². The molecule has 4 rings (SSSR count). The number of esters is 1. The van der Waals surface area contributed by atoms with Gasteiger partial charge in [0.1, 0.15) is 11.9 Å². The minimum absolute atomic E-state index is 0.0193. The Hall–Kier alpha value is -5.29. The molecule has 49 heavy (non-hydrogen) atoms. The van der Waals surface area contributed by atoms with Gasteiger partial charge in [-0.15, -0.1) is 0 Å². The maximum absolute atomic E-state index is 13.3. The van der Waals surface area contributed by atoms with Gasteiger partial charge in [0, 0.05) is 31.4 Å². The average molecular weight is 669 g/mol. The molecule has 258 valence electrons. The van der Waals surface area contributed by atoms with Crippen molar-refractivity contribution < 1.29 is 33.9 Å². The monoisotopic (exact) mass is 668 g/mol. The molecule has 0 saturated heterocycles. The SMILES string of the molecule is O=C(CCCCCCOc1ccc(C(=O)N/N=C/c2ccc(CN3C[C@@H](c4ccccc4)OC(=O)CC/C=C/CCC3=O)cc2)cc1)NO. The first-order chi connectivity index (χ1) is 23.9.